The lowest BCUT2D eigenvalue weighted by molar-refractivity contribution is 0.0937. The summed E-state index contributed by atoms with van der Waals surface area (Å²) in [5.41, 5.74) is 2.81. The lowest BCUT2D eigenvalue weighted by atomic mass is 10.0. The van der Waals surface area contributed by atoms with Crippen molar-refractivity contribution in [3.8, 4) is 11.3 Å². The van der Waals surface area contributed by atoms with E-state index >= 15 is 0 Å². The molecule has 1 aromatic heterocycles. The largest absolute Gasteiger partial charge is 0.360 e. The van der Waals surface area contributed by atoms with Gasteiger partial charge in [0.2, 0.25) is 0 Å². The highest BCUT2D eigenvalue weighted by molar-refractivity contribution is 6.33. The first kappa shape index (κ1) is 19.7. The standard InChI is InChI=1S/C23H24ClN3O2/c1-16-21(22(26-29-16)18-11-5-6-12-19(18)24)23(28)25-15-20(27-13-7-8-14-27)17-9-3-2-4-10-17/h2-6,9-12,20H,7-8,13-15H2,1H3,(H,25,28). The maximum Gasteiger partial charge on any atom is 0.257 e. The smallest absolute Gasteiger partial charge is 0.257 e. The van der Waals surface area contributed by atoms with Gasteiger partial charge in [0, 0.05) is 12.1 Å². The molecule has 1 aliphatic heterocycles. The SMILES string of the molecule is Cc1onc(-c2ccccc2Cl)c1C(=O)NCC(c1ccccc1)N1CCCC1. The number of hydrogen-bond donors (Lipinski definition) is 1. The molecule has 1 fully saturated rings. The summed E-state index contributed by atoms with van der Waals surface area (Å²) in [6.45, 7) is 4.37. The minimum atomic E-state index is -0.196. The molecule has 150 valence electrons. The molecule has 1 amide bonds. The third-order valence-electron chi connectivity index (χ3n) is 5.44. The minimum absolute atomic E-state index is 0.145. The molecule has 1 saturated heterocycles. The van der Waals surface area contributed by atoms with Crippen molar-refractivity contribution in [2.45, 2.75) is 25.8 Å². The Morgan fingerprint density at radius 1 is 1.14 bits per heavy atom. The monoisotopic (exact) mass is 409 g/mol. The lowest BCUT2D eigenvalue weighted by Gasteiger charge is -2.28. The van der Waals surface area contributed by atoms with E-state index in [2.05, 4.69) is 27.5 Å². The third kappa shape index (κ3) is 4.21. The van der Waals surface area contributed by atoms with Crippen molar-refractivity contribution in [3.63, 3.8) is 0 Å². The highest BCUT2D eigenvalue weighted by Gasteiger charge is 2.27. The molecule has 1 aliphatic rings. The van der Waals surface area contributed by atoms with E-state index < -0.39 is 0 Å². The molecule has 0 aliphatic carbocycles. The van der Waals surface area contributed by atoms with E-state index in [-0.39, 0.29) is 11.9 Å². The van der Waals surface area contributed by atoms with E-state index in [1.54, 1.807) is 13.0 Å². The normalized spacial score (nSPS) is 15.4. The van der Waals surface area contributed by atoms with Crippen LogP contribution in [0.5, 0.6) is 0 Å². The quantitative estimate of drug-likeness (QED) is 0.631. The molecule has 29 heavy (non-hydrogen) atoms. The van der Waals surface area contributed by atoms with Gasteiger partial charge in [0.1, 0.15) is 17.0 Å². The molecule has 3 aromatic rings. The fraction of sp³-hybridized carbons (Fsp3) is 0.304. The van der Waals surface area contributed by atoms with Crippen LogP contribution in [0.15, 0.2) is 59.1 Å². The van der Waals surface area contributed by atoms with Crippen LogP contribution >= 0.6 is 11.6 Å². The van der Waals surface area contributed by atoms with Crippen molar-refractivity contribution in [2.75, 3.05) is 19.6 Å². The van der Waals surface area contributed by atoms with Gasteiger partial charge in [-0.05, 0) is 44.5 Å². The van der Waals surface area contributed by atoms with Crippen molar-refractivity contribution in [3.05, 3.63) is 76.5 Å². The molecular formula is C23H24ClN3O2. The maximum absolute atomic E-state index is 13.1. The van der Waals surface area contributed by atoms with Crippen LogP contribution in [0, 0.1) is 6.92 Å². The van der Waals surface area contributed by atoms with Crippen LogP contribution in [0.2, 0.25) is 5.02 Å². The topological polar surface area (TPSA) is 58.4 Å². The van der Waals surface area contributed by atoms with Gasteiger partial charge in [-0.2, -0.15) is 0 Å². The predicted molar refractivity (Wildman–Crippen MR) is 114 cm³/mol. The number of carbonyl (C=O) groups is 1. The van der Waals surface area contributed by atoms with Crippen LogP contribution in [-0.2, 0) is 0 Å². The maximum atomic E-state index is 13.1. The van der Waals surface area contributed by atoms with Crippen molar-refractivity contribution in [1.29, 1.82) is 0 Å². The first-order valence-corrected chi connectivity index (χ1v) is 10.3. The molecule has 0 saturated carbocycles. The molecule has 6 heteroatoms. The Morgan fingerprint density at radius 2 is 1.83 bits per heavy atom. The van der Waals surface area contributed by atoms with E-state index in [0.717, 1.165) is 13.1 Å². The molecule has 1 N–H and O–H groups in total. The van der Waals surface area contributed by atoms with E-state index in [0.29, 0.717) is 34.1 Å². The zero-order valence-corrected chi connectivity index (χ0v) is 17.2. The molecule has 2 aromatic carbocycles. The fourth-order valence-electron chi connectivity index (χ4n) is 3.94. The number of rotatable bonds is 6. The number of nitrogens with one attached hydrogen (secondary N) is 1. The zero-order valence-electron chi connectivity index (χ0n) is 16.4. The van der Waals surface area contributed by atoms with Crippen LogP contribution in [0.25, 0.3) is 11.3 Å². The summed E-state index contributed by atoms with van der Waals surface area (Å²) in [6.07, 6.45) is 2.39. The van der Waals surface area contributed by atoms with E-state index in [1.165, 1.54) is 18.4 Å². The van der Waals surface area contributed by atoms with Crippen molar-refractivity contribution < 1.29 is 9.32 Å². The minimum Gasteiger partial charge on any atom is -0.360 e. The fourth-order valence-corrected chi connectivity index (χ4v) is 4.17. The predicted octanol–water partition coefficient (Wildman–Crippen LogP) is 4.87. The van der Waals surface area contributed by atoms with Crippen LogP contribution in [-0.4, -0.2) is 35.6 Å². The number of likely N-dealkylation sites (tertiary alicyclic amines) is 1. The average molecular weight is 410 g/mol. The number of nitrogens with zero attached hydrogens (tertiary/aromatic N) is 2. The number of amides is 1. The first-order chi connectivity index (χ1) is 14.1. The molecule has 5 nitrogen and oxygen atoms in total. The molecule has 1 unspecified atom stereocenters. The summed E-state index contributed by atoms with van der Waals surface area (Å²) < 4.78 is 5.34. The molecular weight excluding hydrogens is 386 g/mol. The Kier molecular flexibility index (Phi) is 5.97. The highest BCUT2D eigenvalue weighted by atomic mass is 35.5. The molecule has 0 radical (unpaired) electrons. The molecule has 0 bridgehead atoms. The van der Waals surface area contributed by atoms with Gasteiger partial charge in [-0.25, -0.2) is 0 Å². The van der Waals surface area contributed by atoms with Crippen molar-refractivity contribution in [2.24, 2.45) is 0 Å². The molecule has 1 atom stereocenters. The van der Waals surface area contributed by atoms with Gasteiger partial charge in [0.25, 0.3) is 5.91 Å². The Balaban J connectivity index is 1.56. The van der Waals surface area contributed by atoms with Gasteiger partial charge in [0.15, 0.2) is 0 Å². The summed E-state index contributed by atoms with van der Waals surface area (Å²) in [4.78, 5) is 15.5. The Morgan fingerprint density at radius 3 is 2.55 bits per heavy atom. The number of benzene rings is 2. The van der Waals surface area contributed by atoms with Gasteiger partial charge < -0.3 is 9.84 Å². The van der Waals surface area contributed by atoms with Gasteiger partial charge >= 0.3 is 0 Å². The van der Waals surface area contributed by atoms with E-state index in [4.69, 9.17) is 16.1 Å². The molecule has 4 rings (SSSR count). The van der Waals surface area contributed by atoms with E-state index in [9.17, 15) is 4.79 Å². The summed E-state index contributed by atoms with van der Waals surface area (Å²) in [7, 11) is 0. The van der Waals surface area contributed by atoms with Gasteiger partial charge in [-0.3, -0.25) is 9.69 Å². The summed E-state index contributed by atoms with van der Waals surface area (Å²) in [5.74, 6) is 0.286. The van der Waals surface area contributed by atoms with Gasteiger partial charge in [0.05, 0.1) is 11.1 Å². The number of aromatic nitrogens is 1. The van der Waals surface area contributed by atoms with Crippen molar-refractivity contribution >= 4 is 17.5 Å². The third-order valence-corrected chi connectivity index (χ3v) is 5.77. The summed E-state index contributed by atoms with van der Waals surface area (Å²) in [6, 6.07) is 17.8. The highest BCUT2D eigenvalue weighted by Crippen LogP contribution is 2.31. The molecule has 0 spiro atoms. The number of halogens is 1. The number of aryl methyl sites for hydroxylation is 1. The Bertz CT molecular complexity index is 981. The van der Waals surface area contributed by atoms with Gasteiger partial charge in [-0.1, -0.05) is 65.3 Å². The Hall–Kier alpha value is -2.63. The summed E-state index contributed by atoms with van der Waals surface area (Å²) >= 11 is 6.32. The number of carbonyl (C=O) groups excluding carboxylic acids is 1. The lowest BCUT2D eigenvalue weighted by Crippen LogP contribution is -2.37. The van der Waals surface area contributed by atoms with Gasteiger partial charge in [-0.15, -0.1) is 0 Å². The van der Waals surface area contributed by atoms with E-state index in [1.807, 2.05) is 36.4 Å². The summed E-state index contributed by atoms with van der Waals surface area (Å²) in [5, 5.41) is 7.74. The molecule has 2 heterocycles. The second kappa shape index (κ2) is 8.80. The second-order valence-corrected chi connectivity index (χ2v) is 7.73. The first-order valence-electron chi connectivity index (χ1n) is 9.93. The van der Waals surface area contributed by atoms with Crippen LogP contribution < -0.4 is 5.32 Å². The van der Waals surface area contributed by atoms with Crippen molar-refractivity contribution in [1.82, 2.24) is 15.4 Å². The van der Waals surface area contributed by atoms with Crippen LogP contribution in [0.1, 0.15) is 40.6 Å². The number of hydrogen-bond acceptors (Lipinski definition) is 4. The van der Waals surface area contributed by atoms with Crippen LogP contribution in [0.4, 0.5) is 0 Å². The zero-order chi connectivity index (χ0) is 20.2. The second-order valence-electron chi connectivity index (χ2n) is 7.32. The van der Waals surface area contributed by atoms with Crippen LogP contribution in [0.3, 0.4) is 0 Å². The Labute approximate surface area is 175 Å². The average Bonchev–Trinajstić information content (AvgIpc) is 3.39.